The summed E-state index contributed by atoms with van der Waals surface area (Å²) < 4.78 is 0. The van der Waals surface area contributed by atoms with Gasteiger partial charge < -0.3 is 15.1 Å². The van der Waals surface area contributed by atoms with Gasteiger partial charge in [0.2, 0.25) is 0 Å². The molecule has 1 N–H and O–H groups in total. The van der Waals surface area contributed by atoms with Gasteiger partial charge in [-0.15, -0.1) is 11.3 Å². The van der Waals surface area contributed by atoms with E-state index in [4.69, 9.17) is 0 Å². The van der Waals surface area contributed by atoms with Gasteiger partial charge in [0.15, 0.2) is 0 Å². The predicted octanol–water partition coefficient (Wildman–Crippen LogP) is -0.109. The van der Waals surface area contributed by atoms with Crippen molar-refractivity contribution >= 4 is 23.2 Å². The zero-order chi connectivity index (χ0) is 12.5. The van der Waals surface area contributed by atoms with Crippen LogP contribution in [0.2, 0.25) is 0 Å². The molecular weight excluding hydrogens is 250 g/mol. The molecule has 18 heavy (non-hydrogen) atoms. The number of rotatable bonds is 2. The Morgan fingerprint density at radius 1 is 1.39 bits per heavy atom. The van der Waals surface area contributed by atoms with E-state index in [1.165, 1.54) is 0 Å². The monoisotopic (exact) mass is 265 g/mol. The molecule has 2 fully saturated rings. The van der Waals surface area contributed by atoms with E-state index < -0.39 is 0 Å². The maximum atomic E-state index is 12.0. The molecule has 1 aromatic rings. The molecule has 3 rings (SSSR count). The van der Waals surface area contributed by atoms with E-state index in [9.17, 15) is 9.59 Å². The van der Waals surface area contributed by atoms with Crippen LogP contribution in [0.25, 0.3) is 0 Å². The van der Waals surface area contributed by atoms with E-state index in [-0.39, 0.29) is 17.9 Å². The minimum absolute atomic E-state index is 0.129. The van der Waals surface area contributed by atoms with Gasteiger partial charge in [0.1, 0.15) is 0 Å². The molecule has 0 bridgehead atoms. The third-order valence-corrected chi connectivity index (χ3v) is 4.30. The van der Waals surface area contributed by atoms with Crippen LogP contribution in [0.3, 0.4) is 0 Å². The molecule has 2 aliphatic heterocycles. The summed E-state index contributed by atoms with van der Waals surface area (Å²) in [5.41, 5.74) is 0. The van der Waals surface area contributed by atoms with Crippen molar-refractivity contribution in [1.29, 1.82) is 0 Å². The molecule has 5 nitrogen and oxygen atoms in total. The number of fused-ring (bicyclic) bond motifs is 1. The second-order valence-corrected chi connectivity index (χ2v) is 5.65. The Bertz CT molecular complexity index is 460. The smallest absolute Gasteiger partial charge is 0.312 e. The van der Waals surface area contributed by atoms with Crippen LogP contribution < -0.4 is 5.32 Å². The summed E-state index contributed by atoms with van der Waals surface area (Å²) in [6, 6.07) is 4.09. The molecule has 0 radical (unpaired) electrons. The van der Waals surface area contributed by atoms with E-state index in [2.05, 4.69) is 5.32 Å². The predicted molar refractivity (Wildman–Crippen MR) is 68.1 cm³/mol. The highest BCUT2D eigenvalue weighted by atomic mass is 32.1. The summed E-state index contributed by atoms with van der Waals surface area (Å²) in [4.78, 5) is 28.5. The van der Waals surface area contributed by atoms with Crippen LogP contribution in [0, 0.1) is 0 Å². The van der Waals surface area contributed by atoms with E-state index in [1.54, 1.807) is 21.1 Å². The number of hydrogen-bond acceptors (Lipinski definition) is 4. The van der Waals surface area contributed by atoms with Crippen molar-refractivity contribution in [3.05, 3.63) is 22.4 Å². The first-order chi connectivity index (χ1) is 8.75. The summed E-state index contributed by atoms with van der Waals surface area (Å²) in [5, 5.41) is 5.26. The molecule has 2 amide bonds. The first-order valence-electron chi connectivity index (χ1n) is 6.08. The third kappa shape index (κ3) is 2.02. The Hall–Kier alpha value is -1.40. The molecule has 0 saturated carbocycles. The number of carbonyl (C=O) groups is 2. The number of nitrogens with zero attached hydrogens (tertiary/aromatic N) is 2. The van der Waals surface area contributed by atoms with Gasteiger partial charge >= 0.3 is 11.8 Å². The first-order valence-corrected chi connectivity index (χ1v) is 6.96. The fraction of sp³-hybridized carbons (Fsp3) is 0.500. The minimum Gasteiger partial charge on any atom is -0.327 e. The van der Waals surface area contributed by atoms with E-state index in [1.807, 2.05) is 17.5 Å². The second-order valence-electron chi connectivity index (χ2n) is 4.62. The van der Waals surface area contributed by atoms with Gasteiger partial charge in [-0.05, 0) is 11.4 Å². The van der Waals surface area contributed by atoms with Crippen molar-refractivity contribution < 1.29 is 9.59 Å². The van der Waals surface area contributed by atoms with Crippen molar-refractivity contribution in [2.75, 3.05) is 26.2 Å². The molecule has 0 aromatic carbocycles. The normalized spacial score (nSPS) is 24.3. The Morgan fingerprint density at radius 3 is 3.06 bits per heavy atom. The Labute approximate surface area is 109 Å². The maximum Gasteiger partial charge on any atom is 0.312 e. The zero-order valence-corrected chi connectivity index (χ0v) is 10.8. The van der Waals surface area contributed by atoms with Gasteiger partial charge in [-0.25, -0.2) is 0 Å². The maximum absolute atomic E-state index is 12.0. The largest absolute Gasteiger partial charge is 0.327 e. The van der Waals surface area contributed by atoms with Crippen molar-refractivity contribution in [2.45, 2.75) is 12.6 Å². The highest BCUT2D eigenvalue weighted by Crippen LogP contribution is 2.18. The van der Waals surface area contributed by atoms with E-state index in [0.717, 1.165) is 18.0 Å². The lowest BCUT2D eigenvalue weighted by molar-refractivity contribution is -0.160. The zero-order valence-electron chi connectivity index (χ0n) is 9.96. The van der Waals surface area contributed by atoms with Crippen LogP contribution in [-0.4, -0.2) is 53.8 Å². The first kappa shape index (κ1) is 11.7. The molecule has 96 valence electrons. The standard InChI is InChI=1S/C12H15N3O2S/c16-11-12(17)15-4-3-13-6-9(15)7-14(11)8-10-2-1-5-18-10/h1-2,5,9,13H,3-4,6-8H2. The quantitative estimate of drug-likeness (QED) is 0.759. The van der Waals surface area contributed by atoms with Crippen LogP contribution in [-0.2, 0) is 16.1 Å². The molecule has 2 saturated heterocycles. The Kier molecular flexibility index (Phi) is 3.05. The van der Waals surface area contributed by atoms with Crippen molar-refractivity contribution in [3.63, 3.8) is 0 Å². The lowest BCUT2D eigenvalue weighted by Crippen LogP contribution is -2.65. The number of nitrogens with one attached hydrogen (secondary N) is 1. The summed E-state index contributed by atoms with van der Waals surface area (Å²) in [5.74, 6) is -0.703. The van der Waals surface area contributed by atoms with Gasteiger partial charge in [0, 0.05) is 31.1 Å². The number of thiophene rings is 1. The molecule has 3 heterocycles. The van der Waals surface area contributed by atoms with Crippen LogP contribution in [0.15, 0.2) is 17.5 Å². The van der Waals surface area contributed by atoms with Gasteiger partial charge in [0.25, 0.3) is 0 Å². The SMILES string of the molecule is O=C1C(=O)N2CCNCC2CN1Cc1cccs1. The fourth-order valence-electron chi connectivity index (χ4n) is 2.51. The van der Waals surface area contributed by atoms with E-state index >= 15 is 0 Å². The summed E-state index contributed by atoms with van der Waals surface area (Å²) >= 11 is 1.61. The van der Waals surface area contributed by atoms with Crippen LogP contribution in [0.4, 0.5) is 0 Å². The highest BCUT2D eigenvalue weighted by Gasteiger charge is 2.39. The summed E-state index contributed by atoms with van der Waals surface area (Å²) in [6.45, 7) is 3.38. The van der Waals surface area contributed by atoms with Crippen molar-refractivity contribution in [2.24, 2.45) is 0 Å². The molecule has 1 aromatic heterocycles. The molecule has 0 aliphatic carbocycles. The highest BCUT2D eigenvalue weighted by molar-refractivity contribution is 7.09. The molecule has 1 atom stereocenters. The fourth-order valence-corrected chi connectivity index (χ4v) is 3.23. The average Bonchev–Trinajstić information content (AvgIpc) is 2.89. The van der Waals surface area contributed by atoms with Crippen molar-refractivity contribution in [3.8, 4) is 0 Å². The lowest BCUT2D eigenvalue weighted by atomic mass is 10.1. The van der Waals surface area contributed by atoms with Crippen LogP contribution in [0.1, 0.15) is 4.88 Å². The summed E-state index contributed by atoms with van der Waals surface area (Å²) in [6.07, 6.45) is 0. The molecule has 0 spiro atoms. The number of hydrogen-bond donors (Lipinski definition) is 1. The Balaban J connectivity index is 1.75. The topological polar surface area (TPSA) is 52.7 Å². The van der Waals surface area contributed by atoms with Crippen LogP contribution in [0.5, 0.6) is 0 Å². The van der Waals surface area contributed by atoms with Gasteiger partial charge in [0.05, 0.1) is 12.6 Å². The average molecular weight is 265 g/mol. The number of amides is 2. The molecular formula is C12H15N3O2S. The summed E-state index contributed by atoms with van der Waals surface area (Å²) in [7, 11) is 0. The van der Waals surface area contributed by atoms with Gasteiger partial charge in [-0.2, -0.15) is 0 Å². The molecule has 1 unspecified atom stereocenters. The van der Waals surface area contributed by atoms with E-state index in [0.29, 0.717) is 19.6 Å². The molecule has 2 aliphatic rings. The minimum atomic E-state index is -0.360. The number of piperazine rings is 2. The van der Waals surface area contributed by atoms with Gasteiger partial charge in [-0.3, -0.25) is 9.59 Å². The Morgan fingerprint density at radius 2 is 2.28 bits per heavy atom. The second kappa shape index (κ2) is 4.70. The lowest BCUT2D eigenvalue weighted by Gasteiger charge is -2.43. The molecule has 6 heteroatoms. The number of carbonyl (C=O) groups excluding carboxylic acids is 2. The van der Waals surface area contributed by atoms with Gasteiger partial charge in [-0.1, -0.05) is 6.07 Å². The van der Waals surface area contributed by atoms with Crippen molar-refractivity contribution in [1.82, 2.24) is 15.1 Å². The third-order valence-electron chi connectivity index (χ3n) is 3.44. The van der Waals surface area contributed by atoms with Crippen LogP contribution >= 0.6 is 11.3 Å².